The Balaban J connectivity index is 1.23. The number of hydrogen-bond donors (Lipinski definition) is 0. The molecule has 0 fully saturated rings. The Hall–Kier alpha value is -7.75. The zero-order valence-electron chi connectivity index (χ0n) is 38.8. The van der Waals surface area contributed by atoms with Crippen molar-refractivity contribution in [2.75, 3.05) is 9.80 Å². The summed E-state index contributed by atoms with van der Waals surface area (Å²) in [5, 5.41) is 25.5. The molecule has 0 radical (unpaired) electrons. The Labute approximate surface area is 396 Å². The highest BCUT2D eigenvalue weighted by molar-refractivity contribution is 6.89. The maximum Gasteiger partial charge on any atom is 0.0992 e. The van der Waals surface area contributed by atoms with E-state index in [2.05, 4.69) is 219 Å². The fourth-order valence-corrected chi connectivity index (χ4v) is 13.1. The molecule has 11 rings (SSSR count). The van der Waals surface area contributed by atoms with Crippen LogP contribution in [-0.4, -0.2) is 16.1 Å². The van der Waals surface area contributed by atoms with Crippen molar-refractivity contribution in [1.29, 1.82) is 10.5 Å². The summed E-state index contributed by atoms with van der Waals surface area (Å²) in [5.74, 6) is 0. The SMILES string of the molecule is C[Si](C)(C)c1ccc(N(c2cccc(C#N)c2)c2ccc3c(c2)C2(c4ccccc4-c4ccccc42)c2cc(N(c4ccc([Si](C)(C)C)cc4)c4cccc(C#N)c4)c4ccccc4c2-3)cc1. The predicted octanol–water partition coefficient (Wildman–Crippen LogP) is 15.0. The van der Waals surface area contributed by atoms with Gasteiger partial charge in [0.2, 0.25) is 0 Å². The highest BCUT2D eigenvalue weighted by Gasteiger charge is 2.52. The fourth-order valence-electron chi connectivity index (χ4n) is 10.8. The van der Waals surface area contributed by atoms with Gasteiger partial charge in [-0.3, -0.25) is 0 Å². The van der Waals surface area contributed by atoms with Gasteiger partial charge in [-0.25, -0.2) is 0 Å². The lowest BCUT2D eigenvalue weighted by atomic mass is 9.70. The first-order valence-electron chi connectivity index (χ1n) is 23.1. The first kappa shape index (κ1) is 41.9. The summed E-state index contributed by atoms with van der Waals surface area (Å²) >= 11 is 0. The van der Waals surface area contributed by atoms with Crippen molar-refractivity contribution in [3.63, 3.8) is 0 Å². The second-order valence-electron chi connectivity index (χ2n) is 20.0. The van der Waals surface area contributed by atoms with Gasteiger partial charge >= 0.3 is 0 Å². The van der Waals surface area contributed by atoms with Crippen molar-refractivity contribution in [3.8, 4) is 34.4 Å². The molecular weight excluding hydrogens is 845 g/mol. The number of nitrogens with zero attached hydrogens (tertiary/aromatic N) is 4. The minimum atomic E-state index is -1.60. The second kappa shape index (κ2) is 15.7. The van der Waals surface area contributed by atoms with Gasteiger partial charge in [-0.05, 0) is 129 Å². The lowest BCUT2D eigenvalue weighted by Gasteiger charge is -2.34. The van der Waals surface area contributed by atoms with Crippen molar-refractivity contribution in [3.05, 3.63) is 228 Å². The van der Waals surface area contributed by atoms with Crippen molar-refractivity contribution in [2.45, 2.75) is 44.7 Å². The Morgan fingerprint density at radius 1 is 0.373 bits per heavy atom. The van der Waals surface area contributed by atoms with Crippen molar-refractivity contribution < 1.29 is 0 Å². The van der Waals surface area contributed by atoms with E-state index in [-0.39, 0.29) is 0 Å². The van der Waals surface area contributed by atoms with Crippen LogP contribution in [-0.2, 0) is 5.41 Å². The largest absolute Gasteiger partial charge is 0.310 e. The third-order valence-corrected chi connectivity index (χ3v) is 18.1. The molecule has 2 aliphatic rings. The van der Waals surface area contributed by atoms with Gasteiger partial charge in [-0.15, -0.1) is 0 Å². The van der Waals surface area contributed by atoms with E-state index in [9.17, 15) is 10.5 Å². The van der Waals surface area contributed by atoms with Gasteiger partial charge in [0.25, 0.3) is 0 Å². The molecule has 0 atom stereocenters. The van der Waals surface area contributed by atoms with Crippen LogP contribution in [0.4, 0.5) is 34.1 Å². The molecule has 0 N–H and O–H groups in total. The van der Waals surface area contributed by atoms with Gasteiger partial charge < -0.3 is 9.80 Å². The topological polar surface area (TPSA) is 54.1 Å². The summed E-state index contributed by atoms with van der Waals surface area (Å²) < 4.78 is 0. The molecule has 0 heterocycles. The van der Waals surface area contributed by atoms with Gasteiger partial charge in [0, 0.05) is 33.8 Å². The molecule has 0 unspecified atom stereocenters. The van der Waals surface area contributed by atoms with Crippen LogP contribution in [0, 0.1) is 22.7 Å². The summed E-state index contributed by atoms with van der Waals surface area (Å²) in [5.41, 5.74) is 16.4. The molecule has 2 aliphatic carbocycles. The molecule has 0 aliphatic heterocycles. The van der Waals surface area contributed by atoms with Crippen LogP contribution in [0.15, 0.2) is 194 Å². The van der Waals surface area contributed by atoms with E-state index in [0.29, 0.717) is 11.1 Å². The predicted molar refractivity (Wildman–Crippen MR) is 285 cm³/mol. The first-order chi connectivity index (χ1) is 32.4. The van der Waals surface area contributed by atoms with E-state index in [1.807, 2.05) is 36.4 Å². The molecule has 67 heavy (non-hydrogen) atoms. The van der Waals surface area contributed by atoms with Gasteiger partial charge in [0.05, 0.1) is 50.5 Å². The number of rotatable bonds is 8. The quantitative estimate of drug-likeness (QED) is 0.143. The van der Waals surface area contributed by atoms with Crippen LogP contribution in [0.25, 0.3) is 33.0 Å². The van der Waals surface area contributed by atoms with Gasteiger partial charge in [-0.1, -0.05) is 165 Å². The summed E-state index contributed by atoms with van der Waals surface area (Å²) in [6.45, 7) is 14.3. The minimum Gasteiger partial charge on any atom is -0.310 e. The zero-order valence-corrected chi connectivity index (χ0v) is 40.8. The molecule has 322 valence electrons. The Morgan fingerprint density at radius 3 is 1.37 bits per heavy atom. The van der Waals surface area contributed by atoms with Crippen molar-refractivity contribution in [2.24, 2.45) is 0 Å². The lowest BCUT2D eigenvalue weighted by Crippen LogP contribution is -2.37. The molecule has 9 aromatic carbocycles. The zero-order chi connectivity index (χ0) is 46.2. The Morgan fingerprint density at radius 2 is 0.836 bits per heavy atom. The van der Waals surface area contributed by atoms with E-state index >= 15 is 0 Å². The number of anilines is 6. The van der Waals surface area contributed by atoms with E-state index < -0.39 is 21.6 Å². The van der Waals surface area contributed by atoms with Gasteiger partial charge in [0.1, 0.15) is 0 Å². The van der Waals surface area contributed by atoms with Crippen LogP contribution < -0.4 is 20.2 Å². The summed E-state index contributed by atoms with van der Waals surface area (Å²) in [6.07, 6.45) is 0. The number of benzene rings is 9. The molecule has 0 bridgehead atoms. The van der Waals surface area contributed by atoms with Crippen molar-refractivity contribution >= 4 is 71.4 Å². The molecule has 0 saturated carbocycles. The number of nitriles is 2. The highest BCUT2D eigenvalue weighted by Crippen LogP contribution is 2.65. The minimum absolute atomic E-state index is 0.613. The van der Waals surface area contributed by atoms with Crippen LogP contribution >= 0.6 is 0 Å². The molecule has 0 saturated heterocycles. The second-order valence-corrected chi connectivity index (χ2v) is 30.2. The van der Waals surface area contributed by atoms with E-state index in [1.165, 1.54) is 60.3 Å². The summed E-state index contributed by atoms with van der Waals surface area (Å²) in [4.78, 5) is 4.68. The van der Waals surface area contributed by atoms with Crippen LogP contribution in [0.2, 0.25) is 39.3 Å². The average Bonchev–Trinajstić information content (AvgIpc) is 3.81. The van der Waals surface area contributed by atoms with Gasteiger partial charge in [-0.2, -0.15) is 10.5 Å². The van der Waals surface area contributed by atoms with Crippen LogP contribution in [0.3, 0.4) is 0 Å². The third kappa shape index (κ3) is 6.67. The lowest BCUT2D eigenvalue weighted by molar-refractivity contribution is 0.794. The Bertz CT molecular complexity index is 3480. The molecule has 9 aromatic rings. The van der Waals surface area contributed by atoms with Crippen molar-refractivity contribution in [1.82, 2.24) is 0 Å². The standard InChI is InChI=1S/C61H50N4Si2/c1-66(2,3)48-30-25-43(26-31-48)64(45-17-13-15-41(35-45)39-62)47-29-34-54-57(37-47)61(55-23-11-9-19-50(55)51-20-10-12-24-56(51)61)58-38-59(52-21-7-8-22-53(52)60(54)58)65(46-18-14-16-42(36-46)40-63)44-27-32-49(33-28-44)67(4,5)6/h7-38H,1-6H3. The smallest absolute Gasteiger partial charge is 0.0992 e. The molecule has 0 aromatic heterocycles. The molecule has 1 spiro atoms. The van der Waals surface area contributed by atoms with Gasteiger partial charge in [0.15, 0.2) is 0 Å². The summed E-state index contributed by atoms with van der Waals surface area (Å²) in [7, 11) is -3.17. The average molecular weight is 895 g/mol. The first-order valence-corrected chi connectivity index (χ1v) is 30.1. The molecule has 6 heteroatoms. The summed E-state index contributed by atoms with van der Waals surface area (Å²) in [6, 6.07) is 75.3. The fraction of sp³-hybridized carbons (Fsp3) is 0.115. The maximum absolute atomic E-state index is 10.2. The van der Waals surface area contributed by atoms with E-state index in [1.54, 1.807) is 0 Å². The number of fused-ring (bicyclic) bond motifs is 12. The molecule has 4 nitrogen and oxygen atoms in total. The van der Waals surface area contributed by atoms with E-state index in [0.717, 1.165) is 39.5 Å². The number of hydrogen-bond acceptors (Lipinski definition) is 4. The van der Waals surface area contributed by atoms with E-state index in [4.69, 9.17) is 0 Å². The normalized spacial score (nSPS) is 13.0. The molecular formula is C61H50N4Si2. The van der Waals surface area contributed by atoms with Crippen LogP contribution in [0.1, 0.15) is 33.4 Å². The molecule has 0 amide bonds. The van der Waals surface area contributed by atoms with Crippen LogP contribution in [0.5, 0.6) is 0 Å². The monoisotopic (exact) mass is 894 g/mol. The highest BCUT2D eigenvalue weighted by atomic mass is 28.3. The Kier molecular flexibility index (Phi) is 9.83. The third-order valence-electron chi connectivity index (χ3n) is 14.0. The maximum atomic E-state index is 10.2.